The summed E-state index contributed by atoms with van der Waals surface area (Å²) in [4.78, 5) is 32.5. The summed E-state index contributed by atoms with van der Waals surface area (Å²) in [6.45, 7) is 5.48. The lowest BCUT2D eigenvalue weighted by Gasteiger charge is -2.17. The number of amides is 1. The van der Waals surface area contributed by atoms with E-state index in [-0.39, 0.29) is 41.5 Å². The standard InChI is InChI=1S/C14H18N2O5/c1-9(2)10(3)15-14(18)8-21-13-5-4-11(7-17)6-12(13)16(19)20/h4-7,9-10H,8H2,1-3H3,(H,15,18)/t10-/m0/s1. The maximum Gasteiger partial charge on any atom is 0.311 e. The molecule has 0 aliphatic carbocycles. The first-order valence-electron chi connectivity index (χ1n) is 6.51. The third-order valence-electron chi connectivity index (χ3n) is 3.06. The van der Waals surface area contributed by atoms with Crippen LogP contribution in [0.1, 0.15) is 31.1 Å². The maximum atomic E-state index is 11.7. The first kappa shape index (κ1) is 16.6. The fourth-order valence-corrected chi connectivity index (χ4v) is 1.48. The van der Waals surface area contributed by atoms with Crippen molar-refractivity contribution in [2.75, 3.05) is 6.61 Å². The summed E-state index contributed by atoms with van der Waals surface area (Å²) < 4.78 is 5.17. The molecule has 0 fully saturated rings. The highest BCUT2D eigenvalue weighted by Crippen LogP contribution is 2.27. The van der Waals surface area contributed by atoms with Crippen LogP contribution in [-0.4, -0.2) is 29.8 Å². The van der Waals surface area contributed by atoms with Crippen molar-refractivity contribution in [1.29, 1.82) is 0 Å². The predicted molar refractivity (Wildman–Crippen MR) is 76.4 cm³/mol. The smallest absolute Gasteiger partial charge is 0.311 e. The van der Waals surface area contributed by atoms with Crippen LogP contribution in [0.15, 0.2) is 18.2 Å². The topological polar surface area (TPSA) is 98.5 Å². The van der Waals surface area contributed by atoms with Gasteiger partial charge in [0.25, 0.3) is 5.91 Å². The summed E-state index contributed by atoms with van der Waals surface area (Å²) >= 11 is 0. The Balaban J connectivity index is 2.73. The second kappa shape index (κ2) is 7.37. The van der Waals surface area contributed by atoms with E-state index < -0.39 is 4.92 Å². The summed E-state index contributed by atoms with van der Waals surface area (Å²) in [5.41, 5.74) is -0.170. The van der Waals surface area contributed by atoms with Gasteiger partial charge >= 0.3 is 5.69 Å². The van der Waals surface area contributed by atoms with Gasteiger partial charge in [0, 0.05) is 17.7 Å². The Morgan fingerprint density at radius 1 is 1.43 bits per heavy atom. The Hall–Kier alpha value is -2.44. The van der Waals surface area contributed by atoms with Gasteiger partial charge in [-0.3, -0.25) is 19.7 Å². The van der Waals surface area contributed by atoms with Gasteiger partial charge in [-0.05, 0) is 25.0 Å². The summed E-state index contributed by atoms with van der Waals surface area (Å²) in [5, 5.41) is 13.6. The molecule has 0 aliphatic rings. The normalized spacial score (nSPS) is 11.8. The number of ether oxygens (including phenoxy) is 1. The molecule has 1 aromatic rings. The van der Waals surface area contributed by atoms with E-state index in [1.165, 1.54) is 12.1 Å². The molecule has 1 aromatic carbocycles. The monoisotopic (exact) mass is 294 g/mol. The molecule has 114 valence electrons. The van der Waals surface area contributed by atoms with Gasteiger partial charge in [-0.25, -0.2) is 0 Å². The van der Waals surface area contributed by atoms with E-state index >= 15 is 0 Å². The minimum atomic E-state index is -0.656. The molecule has 0 heterocycles. The molecule has 21 heavy (non-hydrogen) atoms. The van der Waals surface area contributed by atoms with Crippen molar-refractivity contribution in [1.82, 2.24) is 5.32 Å². The second-order valence-electron chi connectivity index (χ2n) is 4.99. The molecule has 7 nitrogen and oxygen atoms in total. The third-order valence-corrected chi connectivity index (χ3v) is 3.06. The number of nitro groups is 1. The average molecular weight is 294 g/mol. The molecule has 0 aromatic heterocycles. The lowest BCUT2D eigenvalue weighted by molar-refractivity contribution is -0.385. The van der Waals surface area contributed by atoms with Crippen LogP contribution < -0.4 is 10.1 Å². The van der Waals surface area contributed by atoms with Gasteiger partial charge in [0.15, 0.2) is 12.4 Å². The molecule has 1 atom stereocenters. The molecule has 0 spiro atoms. The van der Waals surface area contributed by atoms with Crippen molar-refractivity contribution in [3.63, 3.8) is 0 Å². The summed E-state index contributed by atoms with van der Waals surface area (Å²) in [6, 6.07) is 3.79. The Morgan fingerprint density at radius 3 is 2.62 bits per heavy atom. The molecule has 7 heteroatoms. The minimum Gasteiger partial charge on any atom is -0.477 e. The van der Waals surface area contributed by atoms with Crippen LogP contribution in [0.2, 0.25) is 0 Å². The quantitative estimate of drug-likeness (QED) is 0.471. The highest BCUT2D eigenvalue weighted by atomic mass is 16.6. The number of carbonyl (C=O) groups is 2. The van der Waals surface area contributed by atoms with Gasteiger partial charge < -0.3 is 10.1 Å². The molecule has 0 radical (unpaired) electrons. The minimum absolute atomic E-state index is 0.0199. The van der Waals surface area contributed by atoms with Gasteiger partial charge in [0.2, 0.25) is 0 Å². The van der Waals surface area contributed by atoms with Crippen molar-refractivity contribution in [2.24, 2.45) is 5.92 Å². The fraction of sp³-hybridized carbons (Fsp3) is 0.429. The Labute approximate surface area is 122 Å². The van der Waals surface area contributed by atoms with Crippen LogP contribution in [0.25, 0.3) is 0 Å². The van der Waals surface area contributed by atoms with Crippen LogP contribution in [0.5, 0.6) is 5.75 Å². The molecule has 0 saturated carbocycles. The number of rotatable bonds is 7. The van der Waals surface area contributed by atoms with Crippen molar-refractivity contribution in [2.45, 2.75) is 26.8 Å². The largest absolute Gasteiger partial charge is 0.477 e. The number of aldehydes is 1. The molecule has 0 aliphatic heterocycles. The lowest BCUT2D eigenvalue weighted by Crippen LogP contribution is -2.39. The third kappa shape index (κ3) is 4.87. The number of nitro benzene ring substituents is 1. The molecular weight excluding hydrogens is 276 g/mol. The SMILES string of the molecule is CC(C)[C@H](C)NC(=O)COc1ccc(C=O)cc1[N+](=O)[O-]. The van der Waals surface area contributed by atoms with Crippen LogP contribution in [0.4, 0.5) is 5.69 Å². The van der Waals surface area contributed by atoms with Gasteiger partial charge in [-0.1, -0.05) is 13.8 Å². The van der Waals surface area contributed by atoms with E-state index in [2.05, 4.69) is 5.32 Å². The van der Waals surface area contributed by atoms with Crippen molar-refractivity contribution in [3.05, 3.63) is 33.9 Å². The molecule has 0 unspecified atom stereocenters. The first-order chi connectivity index (χ1) is 9.85. The van der Waals surface area contributed by atoms with Gasteiger partial charge in [0.05, 0.1) is 4.92 Å². The van der Waals surface area contributed by atoms with Crippen LogP contribution in [-0.2, 0) is 4.79 Å². The predicted octanol–water partition coefficient (Wildman–Crippen LogP) is 1.95. The Morgan fingerprint density at radius 2 is 2.10 bits per heavy atom. The molecule has 0 saturated heterocycles. The summed E-state index contributed by atoms with van der Waals surface area (Å²) in [6.07, 6.45) is 0.508. The van der Waals surface area contributed by atoms with Crippen LogP contribution in [0, 0.1) is 16.0 Å². The summed E-state index contributed by atoms with van der Waals surface area (Å²) in [7, 11) is 0. The molecule has 1 rings (SSSR count). The molecular formula is C14H18N2O5. The fourth-order valence-electron chi connectivity index (χ4n) is 1.48. The zero-order chi connectivity index (χ0) is 16.0. The average Bonchev–Trinajstić information content (AvgIpc) is 2.44. The summed E-state index contributed by atoms with van der Waals surface area (Å²) in [5.74, 6) is -0.127. The molecule has 1 amide bonds. The van der Waals surface area contributed by atoms with Gasteiger partial charge in [-0.15, -0.1) is 0 Å². The number of hydrogen-bond donors (Lipinski definition) is 1. The van der Waals surface area contributed by atoms with Crippen molar-refractivity contribution >= 4 is 17.9 Å². The Bertz CT molecular complexity index is 542. The molecule has 1 N–H and O–H groups in total. The van der Waals surface area contributed by atoms with E-state index in [0.717, 1.165) is 6.07 Å². The van der Waals surface area contributed by atoms with Crippen molar-refractivity contribution in [3.8, 4) is 5.75 Å². The van der Waals surface area contributed by atoms with E-state index in [1.807, 2.05) is 20.8 Å². The number of benzene rings is 1. The number of carbonyl (C=O) groups excluding carboxylic acids is 2. The first-order valence-corrected chi connectivity index (χ1v) is 6.51. The lowest BCUT2D eigenvalue weighted by atomic mass is 10.1. The second-order valence-corrected chi connectivity index (χ2v) is 4.99. The zero-order valence-electron chi connectivity index (χ0n) is 12.2. The zero-order valence-corrected chi connectivity index (χ0v) is 12.2. The number of nitrogens with one attached hydrogen (secondary N) is 1. The van der Waals surface area contributed by atoms with E-state index in [0.29, 0.717) is 6.29 Å². The van der Waals surface area contributed by atoms with Gasteiger partial charge in [0.1, 0.15) is 6.29 Å². The van der Waals surface area contributed by atoms with E-state index in [9.17, 15) is 19.7 Å². The van der Waals surface area contributed by atoms with Crippen molar-refractivity contribution < 1.29 is 19.2 Å². The number of hydrogen-bond acceptors (Lipinski definition) is 5. The highest BCUT2D eigenvalue weighted by molar-refractivity contribution is 5.79. The maximum absolute atomic E-state index is 11.7. The molecule has 0 bridgehead atoms. The van der Waals surface area contributed by atoms with Gasteiger partial charge in [-0.2, -0.15) is 0 Å². The van der Waals surface area contributed by atoms with E-state index in [1.54, 1.807) is 0 Å². The van der Waals surface area contributed by atoms with Crippen LogP contribution >= 0.6 is 0 Å². The highest BCUT2D eigenvalue weighted by Gasteiger charge is 2.18. The number of nitrogens with zero attached hydrogens (tertiary/aromatic N) is 1. The van der Waals surface area contributed by atoms with E-state index in [4.69, 9.17) is 4.74 Å². The van der Waals surface area contributed by atoms with Crippen LogP contribution in [0.3, 0.4) is 0 Å². The Kier molecular flexibility index (Phi) is 5.83.